The Morgan fingerprint density at radius 2 is 2.50 bits per heavy atom. The molecule has 0 bridgehead atoms. The number of ether oxygens (including phenoxy) is 1. The van der Waals surface area contributed by atoms with Crippen LogP contribution in [0.2, 0.25) is 0 Å². The number of methoxy groups -OCH3 is 1. The molecule has 1 aromatic rings. The molecule has 0 spiro atoms. The third-order valence-corrected chi connectivity index (χ3v) is 1.23. The average Bonchev–Trinajstić information content (AvgIpc) is 2.34. The van der Waals surface area contributed by atoms with Gasteiger partial charge in [0.05, 0.1) is 25.7 Å². The van der Waals surface area contributed by atoms with Crippen molar-refractivity contribution in [3.05, 3.63) is 12.4 Å². The molecule has 1 unspecified atom stereocenters. The quantitative estimate of drug-likeness (QED) is 0.647. The lowest BCUT2D eigenvalue weighted by Gasteiger charge is -2.02. The van der Waals surface area contributed by atoms with E-state index in [2.05, 4.69) is 5.10 Å². The van der Waals surface area contributed by atoms with Crippen LogP contribution in [-0.2, 0) is 0 Å². The summed E-state index contributed by atoms with van der Waals surface area (Å²) in [5.41, 5.74) is 5.53. The number of hydrogen-bond donors (Lipinski definition) is 1. The summed E-state index contributed by atoms with van der Waals surface area (Å²) in [5, 5.41) is 3.95. The minimum Gasteiger partial charge on any atom is -0.493 e. The monoisotopic (exact) mass is 141 g/mol. The van der Waals surface area contributed by atoms with Gasteiger partial charge in [-0.2, -0.15) is 5.10 Å². The van der Waals surface area contributed by atoms with Gasteiger partial charge in [-0.15, -0.1) is 0 Å². The van der Waals surface area contributed by atoms with Crippen molar-refractivity contribution in [2.24, 2.45) is 5.73 Å². The smallest absolute Gasteiger partial charge is 0.156 e. The van der Waals surface area contributed by atoms with Gasteiger partial charge in [-0.3, -0.25) is 4.68 Å². The van der Waals surface area contributed by atoms with Crippen molar-refractivity contribution in [3.8, 4) is 5.75 Å². The second-order valence-electron chi connectivity index (χ2n) is 2.10. The molecular weight excluding hydrogens is 130 g/mol. The summed E-state index contributed by atoms with van der Waals surface area (Å²) in [7, 11) is 1.60. The fraction of sp³-hybridized carbons (Fsp3) is 0.500. The highest BCUT2D eigenvalue weighted by molar-refractivity contribution is 5.11. The molecule has 0 radical (unpaired) electrons. The summed E-state index contributed by atoms with van der Waals surface area (Å²) in [6.45, 7) is 1.85. The number of nitrogens with two attached hydrogens (primary N) is 1. The number of nitrogens with zero attached hydrogens (tertiary/aromatic N) is 2. The van der Waals surface area contributed by atoms with Gasteiger partial charge in [0.15, 0.2) is 5.75 Å². The second kappa shape index (κ2) is 2.70. The molecule has 0 aliphatic carbocycles. The van der Waals surface area contributed by atoms with E-state index in [-0.39, 0.29) is 6.17 Å². The highest BCUT2D eigenvalue weighted by Crippen LogP contribution is 2.08. The van der Waals surface area contributed by atoms with E-state index >= 15 is 0 Å². The first-order chi connectivity index (χ1) is 4.74. The number of aromatic nitrogens is 2. The number of rotatable bonds is 2. The van der Waals surface area contributed by atoms with E-state index in [9.17, 15) is 0 Å². The van der Waals surface area contributed by atoms with E-state index in [0.717, 1.165) is 5.75 Å². The zero-order valence-electron chi connectivity index (χ0n) is 6.11. The lowest BCUT2D eigenvalue weighted by Crippen LogP contribution is -2.14. The Labute approximate surface area is 59.6 Å². The molecule has 56 valence electrons. The largest absolute Gasteiger partial charge is 0.493 e. The Balaban J connectivity index is 2.78. The van der Waals surface area contributed by atoms with Crippen molar-refractivity contribution in [2.75, 3.05) is 7.11 Å². The molecule has 0 fully saturated rings. The van der Waals surface area contributed by atoms with Crippen LogP contribution in [0.1, 0.15) is 13.1 Å². The summed E-state index contributed by atoms with van der Waals surface area (Å²) >= 11 is 0. The van der Waals surface area contributed by atoms with Crippen LogP contribution in [0.5, 0.6) is 5.75 Å². The zero-order valence-corrected chi connectivity index (χ0v) is 6.11. The van der Waals surface area contributed by atoms with Crippen LogP contribution in [0.3, 0.4) is 0 Å². The van der Waals surface area contributed by atoms with Gasteiger partial charge >= 0.3 is 0 Å². The van der Waals surface area contributed by atoms with Gasteiger partial charge in [-0.25, -0.2) is 0 Å². The topological polar surface area (TPSA) is 53.1 Å². The Hall–Kier alpha value is -1.03. The normalized spacial score (nSPS) is 13.1. The van der Waals surface area contributed by atoms with Crippen molar-refractivity contribution in [3.63, 3.8) is 0 Å². The third kappa shape index (κ3) is 1.27. The van der Waals surface area contributed by atoms with Gasteiger partial charge < -0.3 is 10.5 Å². The lowest BCUT2D eigenvalue weighted by atomic mass is 10.6. The first-order valence-corrected chi connectivity index (χ1v) is 3.08. The van der Waals surface area contributed by atoms with Crippen LogP contribution in [0, 0.1) is 0 Å². The SMILES string of the molecule is COc1cnn(C(C)N)c1. The van der Waals surface area contributed by atoms with Gasteiger partial charge in [0.2, 0.25) is 0 Å². The molecule has 10 heavy (non-hydrogen) atoms. The maximum atomic E-state index is 5.53. The highest BCUT2D eigenvalue weighted by Gasteiger charge is 1.99. The van der Waals surface area contributed by atoms with Gasteiger partial charge in [0, 0.05) is 0 Å². The van der Waals surface area contributed by atoms with Gasteiger partial charge in [0.1, 0.15) is 0 Å². The molecule has 0 saturated carbocycles. The van der Waals surface area contributed by atoms with E-state index in [1.165, 1.54) is 0 Å². The fourth-order valence-electron chi connectivity index (χ4n) is 0.649. The molecule has 1 heterocycles. The molecule has 4 heteroatoms. The highest BCUT2D eigenvalue weighted by atomic mass is 16.5. The number of hydrogen-bond acceptors (Lipinski definition) is 3. The van der Waals surface area contributed by atoms with Gasteiger partial charge in [-0.1, -0.05) is 0 Å². The summed E-state index contributed by atoms with van der Waals surface area (Å²) in [6.07, 6.45) is 3.29. The minimum absolute atomic E-state index is 0.0936. The predicted octanol–water partition coefficient (Wildman–Crippen LogP) is 0.369. The van der Waals surface area contributed by atoms with Crippen molar-refractivity contribution >= 4 is 0 Å². The summed E-state index contributed by atoms with van der Waals surface area (Å²) < 4.78 is 6.54. The Bertz CT molecular complexity index is 207. The lowest BCUT2D eigenvalue weighted by molar-refractivity contribution is 0.412. The van der Waals surface area contributed by atoms with Crippen molar-refractivity contribution in [1.82, 2.24) is 9.78 Å². The molecule has 4 nitrogen and oxygen atoms in total. The van der Waals surface area contributed by atoms with Crippen molar-refractivity contribution < 1.29 is 4.74 Å². The van der Waals surface area contributed by atoms with Gasteiger partial charge in [-0.05, 0) is 6.92 Å². The second-order valence-corrected chi connectivity index (χ2v) is 2.10. The fourth-order valence-corrected chi connectivity index (χ4v) is 0.649. The van der Waals surface area contributed by atoms with Crippen LogP contribution < -0.4 is 10.5 Å². The van der Waals surface area contributed by atoms with Crippen LogP contribution in [-0.4, -0.2) is 16.9 Å². The third-order valence-electron chi connectivity index (χ3n) is 1.23. The van der Waals surface area contributed by atoms with E-state index in [1.807, 2.05) is 6.92 Å². The predicted molar refractivity (Wildman–Crippen MR) is 37.7 cm³/mol. The summed E-state index contributed by atoms with van der Waals surface area (Å²) in [4.78, 5) is 0. The van der Waals surface area contributed by atoms with Crippen LogP contribution in [0.15, 0.2) is 12.4 Å². The molecule has 2 N–H and O–H groups in total. The maximum absolute atomic E-state index is 5.53. The molecular formula is C6H11N3O. The molecule has 0 saturated heterocycles. The van der Waals surface area contributed by atoms with Crippen LogP contribution in [0.25, 0.3) is 0 Å². The molecule has 0 amide bonds. The minimum atomic E-state index is -0.0936. The standard InChI is InChI=1S/C6H11N3O/c1-5(7)9-4-6(10-2)3-8-9/h3-5H,7H2,1-2H3. The van der Waals surface area contributed by atoms with Crippen LogP contribution >= 0.6 is 0 Å². The molecule has 0 aliphatic heterocycles. The zero-order chi connectivity index (χ0) is 7.56. The van der Waals surface area contributed by atoms with E-state index in [0.29, 0.717) is 0 Å². The van der Waals surface area contributed by atoms with E-state index in [1.54, 1.807) is 24.2 Å². The van der Waals surface area contributed by atoms with E-state index in [4.69, 9.17) is 10.5 Å². The summed E-state index contributed by atoms with van der Waals surface area (Å²) in [5.74, 6) is 0.734. The van der Waals surface area contributed by atoms with Gasteiger partial charge in [0.25, 0.3) is 0 Å². The van der Waals surface area contributed by atoms with Crippen molar-refractivity contribution in [2.45, 2.75) is 13.1 Å². The first kappa shape index (κ1) is 7.08. The maximum Gasteiger partial charge on any atom is 0.156 e. The first-order valence-electron chi connectivity index (χ1n) is 3.08. The Kier molecular flexibility index (Phi) is 1.91. The summed E-state index contributed by atoms with van der Waals surface area (Å²) in [6, 6.07) is 0. The molecule has 1 aromatic heterocycles. The Morgan fingerprint density at radius 1 is 1.80 bits per heavy atom. The van der Waals surface area contributed by atoms with E-state index < -0.39 is 0 Å². The molecule has 0 aliphatic rings. The molecule has 0 aromatic carbocycles. The van der Waals surface area contributed by atoms with Crippen LogP contribution in [0.4, 0.5) is 0 Å². The van der Waals surface area contributed by atoms with Crippen molar-refractivity contribution in [1.29, 1.82) is 0 Å². The molecule has 1 rings (SSSR count). The average molecular weight is 141 g/mol. The Morgan fingerprint density at radius 3 is 2.80 bits per heavy atom. The molecule has 1 atom stereocenters.